The maximum Gasteiger partial charge on any atom is 0.335 e. The molecule has 24 heavy (non-hydrogen) atoms. The molecule has 0 aliphatic carbocycles. The van der Waals surface area contributed by atoms with Crippen LogP contribution in [-0.4, -0.2) is 29.9 Å². The quantitative estimate of drug-likeness (QED) is 0.775. The monoisotopic (exact) mass is 346 g/mol. The molecule has 7 heteroatoms. The number of hydrogen-bond donors (Lipinski definition) is 3. The molecule has 0 aliphatic heterocycles. The van der Waals surface area contributed by atoms with E-state index in [9.17, 15) is 14.4 Å². The van der Waals surface area contributed by atoms with Gasteiger partial charge in [-0.15, -0.1) is 0 Å². The average Bonchev–Trinajstić information content (AvgIpc) is 2.54. The number of rotatable bonds is 5. The molecule has 3 N–H and O–H groups in total. The number of carboxylic acid groups (broad SMARTS) is 1. The molecular weight excluding hydrogens is 332 g/mol. The molecule has 2 amide bonds. The van der Waals surface area contributed by atoms with Gasteiger partial charge in [0, 0.05) is 12.7 Å². The van der Waals surface area contributed by atoms with E-state index in [0.29, 0.717) is 16.8 Å². The van der Waals surface area contributed by atoms with Gasteiger partial charge >= 0.3 is 5.97 Å². The van der Waals surface area contributed by atoms with Crippen LogP contribution in [0.25, 0.3) is 0 Å². The summed E-state index contributed by atoms with van der Waals surface area (Å²) >= 11 is 6.02. The number of anilines is 1. The summed E-state index contributed by atoms with van der Waals surface area (Å²) in [6.07, 6.45) is -0.0860. The lowest BCUT2D eigenvalue weighted by molar-refractivity contribution is -0.115. The highest BCUT2D eigenvalue weighted by atomic mass is 35.5. The van der Waals surface area contributed by atoms with E-state index in [1.807, 2.05) is 0 Å². The minimum absolute atomic E-state index is 0.0839. The second-order valence-electron chi connectivity index (χ2n) is 4.96. The van der Waals surface area contributed by atoms with Gasteiger partial charge in [-0.3, -0.25) is 9.59 Å². The Labute approximate surface area is 143 Å². The van der Waals surface area contributed by atoms with Crippen LogP contribution < -0.4 is 10.6 Å². The molecule has 0 saturated heterocycles. The molecule has 124 valence electrons. The van der Waals surface area contributed by atoms with Gasteiger partial charge in [0.1, 0.15) is 0 Å². The van der Waals surface area contributed by atoms with Crippen molar-refractivity contribution >= 4 is 35.1 Å². The van der Waals surface area contributed by atoms with E-state index in [0.717, 1.165) is 0 Å². The van der Waals surface area contributed by atoms with E-state index in [4.69, 9.17) is 16.7 Å². The smallest absolute Gasteiger partial charge is 0.335 e. The van der Waals surface area contributed by atoms with Crippen molar-refractivity contribution in [1.82, 2.24) is 5.32 Å². The van der Waals surface area contributed by atoms with Crippen molar-refractivity contribution in [2.24, 2.45) is 0 Å². The highest BCUT2D eigenvalue weighted by molar-refractivity contribution is 6.34. The fourth-order valence-electron chi connectivity index (χ4n) is 2.17. The van der Waals surface area contributed by atoms with Crippen molar-refractivity contribution < 1.29 is 19.5 Å². The van der Waals surface area contributed by atoms with Crippen LogP contribution in [0.15, 0.2) is 42.5 Å². The fraction of sp³-hybridized carbons (Fsp3) is 0.118. The Balaban J connectivity index is 2.12. The molecule has 0 unspecified atom stereocenters. The van der Waals surface area contributed by atoms with Crippen LogP contribution >= 0.6 is 11.6 Å². The lowest BCUT2D eigenvalue weighted by Gasteiger charge is -2.09. The number of benzene rings is 2. The molecule has 0 heterocycles. The van der Waals surface area contributed by atoms with Crippen LogP contribution in [0, 0.1) is 0 Å². The van der Waals surface area contributed by atoms with Gasteiger partial charge in [0.05, 0.1) is 22.6 Å². The summed E-state index contributed by atoms with van der Waals surface area (Å²) in [5, 5.41) is 14.4. The molecule has 0 bridgehead atoms. The summed E-state index contributed by atoms with van der Waals surface area (Å²) in [4.78, 5) is 34.8. The summed E-state index contributed by atoms with van der Waals surface area (Å²) < 4.78 is 0. The minimum atomic E-state index is -1.09. The minimum Gasteiger partial charge on any atom is -0.478 e. The van der Waals surface area contributed by atoms with Crippen LogP contribution in [0.3, 0.4) is 0 Å². The molecule has 0 atom stereocenters. The molecule has 2 rings (SSSR count). The van der Waals surface area contributed by atoms with Crippen LogP contribution in [0.5, 0.6) is 0 Å². The normalized spacial score (nSPS) is 10.1. The van der Waals surface area contributed by atoms with Crippen molar-refractivity contribution in [1.29, 1.82) is 0 Å². The van der Waals surface area contributed by atoms with Gasteiger partial charge in [0.15, 0.2) is 0 Å². The topological polar surface area (TPSA) is 95.5 Å². The van der Waals surface area contributed by atoms with Gasteiger partial charge in [-0.25, -0.2) is 4.79 Å². The molecule has 0 radical (unpaired) electrons. The van der Waals surface area contributed by atoms with Crippen LogP contribution in [-0.2, 0) is 11.2 Å². The predicted octanol–water partition coefficient (Wildman–Crippen LogP) is 2.58. The van der Waals surface area contributed by atoms with Crippen molar-refractivity contribution in [3.05, 3.63) is 64.2 Å². The number of nitrogens with one attached hydrogen (secondary N) is 2. The first-order valence-corrected chi connectivity index (χ1v) is 7.43. The summed E-state index contributed by atoms with van der Waals surface area (Å²) in [7, 11) is 1.49. The highest BCUT2D eigenvalue weighted by Gasteiger charge is 2.14. The Morgan fingerprint density at radius 2 is 1.79 bits per heavy atom. The highest BCUT2D eigenvalue weighted by Crippen LogP contribution is 2.21. The van der Waals surface area contributed by atoms with Crippen molar-refractivity contribution in [2.45, 2.75) is 6.42 Å². The second-order valence-corrected chi connectivity index (χ2v) is 5.37. The van der Waals surface area contributed by atoms with E-state index in [-0.39, 0.29) is 28.8 Å². The summed E-state index contributed by atoms with van der Waals surface area (Å²) in [5.41, 5.74) is 1.22. The summed E-state index contributed by atoms with van der Waals surface area (Å²) in [6.45, 7) is 0. The van der Waals surface area contributed by atoms with Gasteiger partial charge in [0.2, 0.25) is 5.91 Å². The SMILES string of the molecule is CNC(=O)c1ccc(NC(=O)Cc2ccccc2C(=O)O)cc1Cl. The number of carbonyl (C=O) groups is 3. The second kappa shape index (κ2) is 7.61. The summed E-state index contributed by atoms with van der Waals surface area (Å²) in [5.74, 6) is -1.79. The van der Waals surface area contributed by atoms with Gasteiger partial charge in [0.25, 0.3) is 5.91 Å². The van der Waals surface area contributed by atoms with E-state index in [1.54, 1.807) is 24.3 Å². The molecule has 0 saturated carbocycles. The molecule has 0 spiro atoms. The molecule has 0 aliphatic rings. The van der Waals surface area contributed by atoms with E-state index >= 15 is 0 Å². The molecular formula is C17H15ClN2O4. The van der Waals surface area contributed by atoms with Gasteiger partial charge < -0.3 is 15.7 Å². The zero-order chi connectivity index (χ0) is 17.7. The summed E-state index contributed by atoms with van der Waals surface area (Å²) in [6, 6.07) is 10.8. The Kier molecular flexibility index (Phi) is 5.55. The zero-order valence-corrected chi connectivity index (χ0v) is 13.6. The van der Waals surface area contributed by atoms with Gasteiger partial charge in [-0.05, 0) is 29.8 Å². The maximum atomic E-state index is 12.1. The molecule has 6 nitrogen and oxygen atoms in total. The fourth-order valence-corrected chi connectivity index (χ4v) is 2.44. The number of amides is 2. The maximum absolute atomic E-state index is 12.1. The van der Waals surface area contributed by atoms with E-state index < -0.39 is 5.97 Å². The molecule has 0 aromatic heterocycles. The standard InChI is InChI=1S/C17H15ClN2O4/c1-19-16(22)13-7-6-11(9-14(13)18)20-15(21)8-10-4-2-3-5-12(10)17(23)24/h2-7,9H,8H2,1H3,(H,19,22)(H,20,21)(H,23,24). The van der Waals surface area contributed by atoms with Crippen LogP contribution in [0.1, 0.15) is 26.3 Å². The number of halogens is 1. The predicted molar refractivity (Wildman–Crippen MR) is 90.6 cm³/mol. The molecule has 0 fully saturated rings. The number of carboxylic acids is 1. The zero-order valence-electron chi connectivity index (χ0n) is 12.8. The number of hydrogen-bond acceptors (Lipinski definition) is 3. The van der Waals surface area contributed by atoms with Gasteiger partial charge in [-0.1, -0.05) is 29.8 Å². The molecule has 2 aromatic rings. The Morgan fingerprint density at radius 1 is 1.08 bits per heavy atom. The van der Waals surface area contributed by atoms with E-state index in [2.05, 4.69) is 10.6 Å². The average molecular weight is 347 g/mol. The number of carbonyl (C=O) groups excluding carboxylic acids is 2. The lowest BCUT2D eigenvalue weighted by Crippen LogP contribution is -2.19. The van der Waals surface area contributed by atoms with Crippen LogP contribution in [0.4, 0.5) is 5.69 Å². The van der Waals surface area contributed by atoms with Crippen molar-refractivity contribution in [3.8, 4) is 0 Å². The van der Waals surface area contributed by atoms with Gasteiger partial charge in [-0.2, -0.15) is 0 Å². The van der Waals surface area contributed by atoms with Crippen molar-refractivity contribution in [3.63, 3.8) is 0 Å². The third-order valence-corrected chi connectivity index (χ3v) is 3.64. The first-order valence-electron chi connectivity index (χ1n) is 7.05. The Morgan fingerprint density at radius 3 is 2.42 bits per heavy atom. The lowest BCUT2D eigenvalue weighted by atomic mass is 10.0. The Bertz CT molecular complexity index is 805. The molecule has 2 aromatic carbocycles. The first kappa shape index (κ1) is 17.5. The first-order chi connectivity index (χ1) is 11.4. The van der Waals surface area contributed by atoms with E-state index in [1.165, 1.54) is 25.2 Å². The largest absolute Gasteiger partial charge is 0.478 e. The number of aromatic carboxylic acids is 1. The third-order valence-electron chi connectivity index (χ3n) is 3.32. The third kappa shape index (κ3) is 4.11. The Hall–Kier alpha value is -2.86. The van der Waals surface area contributed by atoms with Crippen molar-refractivity contribution in [2.75, 3.05) is 12.4 Å². The van der Waals surface area contributed by atoms with Crippen LogP contribution in [0.2, 0.25) is 5.02 Å².